The van der Waals surface area contributed by atoms with Crippen LogP contribution in [0, 0.1) is 5.82 Å². The van der Waals surface area contributed by atoms with E-state index in [-0.39, 0.29) is 22.5 Å². The van der Waals surface area contributed by atoms with E-state index in [1.807, 2.05) is 0 Å². The normalized spacial score (nSPS) is 32.1. The van der Waals surface area contributed by atoms with Crippen molar-refractivity contribution in [3.05, 3.63) is 34.6 Å². The maximum atomic E-state index is 13.2. The molecule has 0 saturated carbocycles. The summed E-state index contributed by atoms with van der Waals surface area (Å²) < 4.78 is 19.2. The quantitative estimate of drug-likeness (QED) is 0.856. The lowest BCUT2D eigenvalue weighted by atomic mass is 9.94. The van der Waals surface area contributed by atoms with Gasteiger partial charge >= 0.3 is 0 Å². The van der Waals surface area contributed by atoms with Crippen LogP contribution in [0.15, 0.2) is 18.2 Å². The molecule has 2 saturated heterocycles. The maximum absolute atomic E-state index is 13.2. The average molecular weight is 285 g/mol. The SMILES string of the molecule is CC12CNCCN1CC(c1ccc(F)c(Cl)c1)OC2. The molecule has 104 valence electrons. The predicted molar refractivity (Wildman–Crippen MR) is 73.0 cm³/mol. The van der Waals surface area contributed by atoms with Crippen LogP contribution < -0.4 is 5.32 Å². The second kappa shape index (κ2) is 5.02. The Kier molecular flexibility index (Phi) is 3.52. The van der Waals surface area contributed by atoms with E-state index in [2.05, 4.69) is 17.1 Å². The minimum absolute atomic E-state index is 0.0238. The standard InChI is InChI=1S/C14H18ClFN2O/c1-14-8-17-4-5-18(14)7-13(19-9-14)10-2-3-12(16)11(15)6-10/h2-3,6,13,17H,4-5,7-9H2,1H3. The molecule has 0 aliphatic carbocycles. The number of nitrogens with zero attached hydrogens (tertiary/aromatic N) is 1. The van der Waals surface area contributed by atoms with Crippen molar-refractivity contribution in [1.29, 1.82) is 0 Å². The van der Waals surface area contributed by atoms with Crippen LogP contribution in [0.5, 0.6) is 0 Å². The van der Waals surface area contributed by atoms with Gasteiger partial charge in [-0.15, -0.1) is 0 Å². The van der Waals surface area contributed by atoms with Crippen molar-refractivity contribution in [3.8, 4) is 0 Å². The van der Waals surface area contributed by atoms with Crippen LogP contribution in [0.2, 0.25) is 5.02 Å². The fourth-order valence-electron chi connectivity index (χ4n) is 2.85. The number of benzene rings is 1. The van der Waals surface area contributed by atoms with E-state index in [0.29, 0.717) is 6.61 Å². The summed E-state index contributed by atoms with van der Waals surface area (Å²) >= 11 is 5.84. The Morgan fingerprint density at radius 2 is 2.37 bits per heavy atom. The number of halogens is 2. The third kappa shape index (κ3) is 2.50. The number of fused-ring (bicyclic) bond motifs is 1. The highest BCUT2D eigenvalue weighted by Gasteiger charge is 2.40. The van der Waals surface area contributed by atoms with Gasteiger partial charge in [0.05, 0.1) is 23.3 Å². The molecular weight excluding hydrogens is 267 g/mol. The van der Waals surface area contributed by atoms with Gasteiger partial charge in [0.25, 0.3) is 0 Å². The first kappa shape index (κ1) is 13.3. The molecular formula is C14H18ClFN2O. The second-order valence-electron chi connectivity index (χ2n) is 5.59. The van der Waals surface area contributed by atoms with E-state index >= 15 is 0 Å². The van der Waals surface area contributed by atoms with E-state index in [9.17, 15) is 4.39 Å². The number of nitrogens with one attached hydrogen (secondary N) is 1. The van der Waals surface area contributed by atoms with Gasteiger partial charge in [-0.1, -0.05) is 17.7 Å². The van der Waals surface area contributed by atoms with Gasteiger partial charge < -0.3 is 10.1 Å². The Bertz CT molecular complexity index is 485. The summed E-state index contributed by atoms with van der Waals surface area (Å²) in [4.78, 5) is 2.45. The molecule has 5 heteroatoms. The highest BCUT2D eigenvalue weighted by molar-refractivity contribution is 6.30. The minimum Gasteiger partial charge on any atom is -0.370 e. The summed E-state index contributed by atoms with van der Waals surface area (Å²) in [5, 5.41) is 3.57. The largest absolute Gasteiger partial charge is 0.370 e. The number of morpholine rings is 1. The van der Waals surface area contributed by atoms with Crippen LogP contribution >= 0.6 is 11.6 Å². The molecule has 3 rings (SSSR count). The average Bonchev–Trinajstić information content (AvgIpc) is 2.41. The number of rotatable bonds is 1. The van der Waals surface area contributed by atoms with Gasteiger partial charge in [-0.05, 0) is 24.6 Å². The van der Waals surface area contributed by atoms with Crippen LogP contribution in [0.3, 0.4) is 0 Å². The first-order valence-electron chi connectivity index (χ1n) is 6.61. The Balaban J connectivity index is 1.78. The molecule has 0 aromatic heterocycles. The smallest absolute Gasteiger partial charge is 0.141 e. The highest BCUT2D eigenvalue weighted by atomic mass is 35.5. The molecule has 1 N–H and O–H groups in total. The van der Waals surface area contributed by atoms with Gasteiger partial charge in [0, 0.05) is 26.2 Å². The number of ether oxygens (including phenoxy) is 1. The fraction of sp³-hybridized carbons (Fsp3) is 0.571. The van der Waals surface area contributed by atoms with Gasteiger partial charge in [-0.3, -0.25) is 4.90 Å². The van der Waals surface area contributed by atoms with Crippen LogP contribution in [0.25, 0.3) is 0 Å². The Morgan fingerprint density at radius 1 is 1.53 bits per heavy atom. The van der Waals surface area contributed by atoms with E-state index in [4.69, 9.17) is 16.3 Å². The third-order valence-electron chi connectivity index (χ3n) is 4.12. The summed E-state index contributed by atoms with van der Waals surface area (Å²) in [7, 11) is 0. The number of hydrogen-bond acceptors (Lipinski definition) is 3. The second-order valence-corrected chi connectivity index (χ2v) is 6.00. The molecule has 0 radical (unpaired) electrons. The summed E-state index contributed by atoms with van der Waals surface area (Å²) in [5.74, 6) is -0.381. The fourth-order valence-corrected chi connectivity index (χ4v) is 3.04. The summed E-state index contributed by atoms with van der Waals surface area (Å²) in [5.41, 5.74) is 1.02. The van der Waals surface area contributed by atoms with Gasteiger partial charge in [-0.25, -0.2) is 4.39 Å². The first-order chi connectivity index (χ1) is 9.08. The topological polar surface area (TPSA) is 24.5 Å². The van der Waals surface area contributed by atoms with Gasteiger partial charge in [0.2, 0.25) is 0 Å². The molecule has 19 heavy (non-hydrogen) atoms. The van der Waals surface area contributed by atoms with E-state index in [0.717, 1.165) is 31.7 Å². The lowest BCUT2D eigenvalue weighted by Gasteiger charge is -2.50. The van der Waals surface area contributed by atoms with Crippen molar-refractivity contribution >= 4 is 11.6 Å². The first-order valence-corrected chi connectivity index (χ1v) is 6.99. The maximum Gasteiger partial charge on any atom is 0.141 e. The number of piperazine rings is 1. The van der Waals surface area contributed by atoms with Crippen molar-refractivity contribution in [3.63, 3.8) is 0 Å². The molecule has 1 aromatic carbocycles. The summed E-state index contributed by atoms with van der Waals surface area (Å²) in [6.45, 7) is 6.70. The molecule has 2 aliphatic heterocycles. The zero-order valence-corrected chi connectivity index (χ0v) is 11.7. The molecule has 2 heterocycles. The zero-order valence-electron chi connectivity index (χ0n) is 11.0. The molecule has 0 amide bonds. The molecule has 1 aromatic rings. The van der Waals surface area contributed by atoms with E-state index in [1.54, 1.807) is 12.1 Å². The van der Waals surface area contributed by atoms with Crippen LogP contribution in [0.4, 0.5) is 4.39 Å². The molecule has 2 atom stereocenters. The van der Waals surface area contributed by atoms with E-state index in [1.165, 1.54) is 6.07 Å². The molecule has 0 spiro atoms. The van der Waals surface area contributed by atoms with Crippen molar-refractivity contribution in [2.75, 3.05) is 32.8 Å². The zero-order chi connectivity index (χ0) is 13.5. The van der Waals surface area contributed by atoms with Gasteiger partial charge in [0.1, 0.15) is 5.82 Å². The van der Waals surface area contributed by atoms with Gasteiger partial charge in [-0.2, -0.15) is 0 Å². The third-order valence-corrected chi connectivity index (χ3v) is 4.41. The molecule has 2 aliphatic rings. The van der Waals surface area contributed by atoms with Crippen molar-refractivity contribution in [1.82, 2.24) is 10.2 Å². The summed E-state index contributed by atoms with van der Waals surface area (Å²) in [6, 6.07) is 4.84. The predicted octanol–water partition coefficient (Wildman–Crippen LogP) is 2.21. The van der Waals surface area contributed by atoms with Crippen molar-refractivity contribution in [2.24, 2.45) is 0 Å². The Hall–Kier alpha value is -0.680. The Morgan fingerprint density at radius 3 is 3.16 bits per heavy atom. The monoisotopic (exact) mass is 284 g/mol. The highest BCUT2D eigenvalue weighted by Crippen LogP contribution is 2.32. The van der Waals surface area contributed by atoms with Crippen LogP contribution in [-0.4, -0.2) is 43.2 Å². The van der Waals surface area contributed by atoms with Crippen LogP contribution in [-0.2, 0) is 4.74 Å². The van der Waals surface area contributed by atoms with Gasteiger partial charge in [0.15, 0.2) is 0 Å². The number of hydrogen-bond donors (Lipinski definition) is 1. The molecule has 2 unspecified atom stereocenters. The molecule has 2 fully saturated rings. The van der Waals surface area contributed by atoms with Crippen LogP contribution in [0.1, 0.15) is 18.6 Å². The minimum atomic E-state index is -0.381. The van der Waals surface area contributed by atoms with Crippen molar-refractivity contribution < 1.29 is 9.13 Å². The molecule has 3 nitrogen and oxygen atoms in total. The molecule has 0 bridgehead atoms. The lowest BCUT2D eigenvalue weighted by molar-refractivity contribution is -0.115. The summed E-state index contributed by atoms with van der Waals surface area (Å²) in [6.07, 6.45) is -0.0238. The van der Waals surface area contributed by atoms with Crippen molar-refractivity contribution in [2.45, 2.75) is 18.6 Å². The van der Waals surface area contributed by atoms with E-state index < -0.39 is 0 Å². The Labute approximate surface area is 117 Å². The lowest BCUT2D eigenvalue weighted by Crippen LogP contribution is -2.65.